The van der Waals surface area contributed by atoms with E-state index in [2.05, 4.69) is 14.5 Å². The maximum absolute atomic E-state index is 11.0. The quantitative estimate of drug-likeness (QED) is 0.838. The van der Waals surface area contributed by atoms with Gasteiger partial charge in [-0.25, -0.2) is 9.97 Å². The van der Waals surface area contributed by atoms with Crippen LogP contribution < -0.4 is 0 Å². The van der Waals surface area contributed by atoms with E-state index >= 15 is 0 Å². The van der Waals surface area contributed by atoms with Crippen molar-refractivity contribution in [3.05, 3.63) is 36.3 Å². The second-order valence-corrected chi connectivity index (χ2v) is 5.77. The van der Waals surface area contributed by atoms with Crippen molar-refractivity contribution in [3.63, 3.8) is 0 Å². The number of aryl methyl sites for hydroxylation is 1. The van der Waals surface area contributed by atoms with Crippen molar-refractivity contribution in [2.45, 2.75) is 38.6 Å². The summed E-state index contributed by atoms with van der Waals surface area (Å²) in [5, 5.41) is 16.0. The summed E-state index contributed by atoms with van der Waals surface area (Å²) in [6.07, 6.45) is 7.00. The first kappa shape index (κ1) is 17.7. The van der Waals surface area contributed by atoms with Crippen LogP contribution in [0.25, 0.3) is 11.5 Å². The van der Waals surface area contributed by atoms with Gasteiger partial charge in [-0.3, -0.25) is 9.59 Å². The van der Waals surface area contributed by atoms with E-state index in [0.717, 1.165) is 42.9 Å². The first-order valence-corrected chi connectivity index (χ1v) is 7.84. The SMILES string of the molecule is Cc1cccc(-c2nccn2C2CCC(C(=O)O)CC2)n1.O=CO. The first-order chi connectivity index (χ1) is 11.6. The van der Waals surface area contributed by atoms with Gasteiger partial charge in [0.25, 0.3) is 6.47 Å². The van der Waals surface area contributed by atoms with E-state index in [9.17, 15) is 4.79 Å². The number of nitrogens with zero attached hydrogens (tertiary/aromatic N) is 3. The van der Waals surface area contributed by atoms with Crippen LogP contribution in [0.2, 0.25) is 0 Å². The Morgan fingerprint density at radius 2 is 1.96 bits per heavy atom. The topological polar surface area (TPSA) is 105 Å². The average molecular weight is 331 g/mol. The minimum atomic E-state index is -0.667. The molecule has 2 heterocycles. The molecule has 0 radical (unpaired) electrons. The fourth-order valence-corrected chi connectivity index (χ4v) is 3.07. The van der Waals surface area contributed by atoms with Crippen molar-refractivity contribution < 1.29 is 19.8 Å². The van der Waals surface area contributed by atoms with E-state index in [0.29, 0.717) is 6.04 Å². The standard InChI is InChI=1S/C16H19N3O2.CH2O2/c1-11-3-2-4-14(18-11)15-17-9-10-19(15)13-7-5-12(6-8-13)16(20)21;2-1-3/h2-4,9-10,12-13H,5-8H2,1H3,(H,20,21);1H,(H,2,3). The van der Waals surface area contributed by atoms with Crippen LogP contribution in [0.5, 0.6) is 0 Å². The fraction of sp³-hybridized carbons (Fsp3) is 0.412. The molecule has 2 aromatic heterocycles. The predicted octanol–water partition coefficient (Wildman–Crippen LogP) is 2.77. The van der Waals surface area contributed by atoms with Crippen LogP contribution in [-0.4, -0.2) is 37.2 Å². The van der Waals surface area contributed by atoms with Crippen LogP contribution in [0.1, 0.15) is 37.4 Å². The van der Waals surface area contributed by atoms with Crippen LogP contribution in [0.15, 0.2) is 30.6 Å². The van der Waals surface area contributed by atoms with Crippen LogP contribution in [0.4, 0.5) is 0 Å². The van der Waals surface area contributed by atoms with Gasteiger partial charge in [0.05, 0.1) is 5.92 Å². The number of aromatic nitrogens is 3. The molecule has 0 saturated heterocycles. The van der Waals surface area contributed by atoms with Gasteiger partial charge in [-0.05, 0) is 44.7 Å². The summed E-state index contributed by atoms with van der Waals surface area (Å²) in [5.41, 5.74) is 1.84. The van der Waals surface area contributed by atoms with Gasteiger partial charge in [0, 0.05) is 24.1 Å². The molecule has 3 rings (SSSR count). The van der Waals surface area contributed by atoms with E-state index in [-0.39, 0.29) is 12.4 Å². The second-order valence-electron chi connectivity index (χ2n) is 5.77. The van der Waals surface area contributed by atoms with Gasteiger partial charge in [0.1, 0.15) is 5.69 Å². The number of rotatable bonds is 3. The molecule has 1 saturated carbocycles. The molecule has 7 nitrogen and oxygen atoms in total. The summed E-state index contributed by atoms with van der Waals surface area (Å²) in [6, 6.07) is 6.24. The Labute approximate surface area is 140 Å². The highest BCUT2D eigenvalue weighted by Crippen LogP contribution is 2.34. The Kier molecular flexibility index (Phi) is 6.06. The Balaban J connectivity index is 0.000000647. The Morgan fingerprint density at radius 1 is 1.29 bits per heavy atom. The van der Waals surface area contributed by atoms with Crippen molar-refractivity contribution in [2.24, 2.45) is 5.92 Å². The van der Waals surface area contributed by atoms with E-state index < -0.39 is 5.97 Å². The molecule has 1 fully saturated rings. The molecule has 0 unspecified atom stereocenters. The molecule has 1 aliphatic carbocycles. The normalized spacial score (nSPS) is 19.9. The molecular formula is C17H21N3O4. The fourth-order valence-electron chi connectivity index (χ4n) is 3.07. The van der Waals surface area contributed by atoms with E-state index in [4.69, 9.17) is 15.0 Å². The van der Waals surface area contributed by atoms with Crippen molar-refractivity contribution in [2.75, 3.05) is 0 Å². The first-order valence-electron chi connectivity index (χ1n) is 7.84. The summed E-state index contributed by atoms with van der Waals surface area (Å²) in [4.78, 5) is 28.4. The minimum Gasteiger partial charge on any atom is -0.483 e. The van der Waals surface area contributed by atoms with Crippen molar-refractivity contribution in [1.82, 2.24) is 14.5 Å². The zero-order chi connectivity index (χ0) is 17.5. The number of carbonyl (C=O) groups is 2. The molecule has 1 aliphatic rings. The summed E-state index contributed by atoms with van der Waals surface area (Å²) in [6.45, 7) is 1.72. The third kappa shape index (κ3) is 4.18. The largest absolute Gasteiger partial charge is 0.483 e. The lowest BCUT2D eigenvalue weighted by atomic mass is 9.86. The second kappa shape index (κ2) is 8.24. The Morgan fingerprint density at radius 3 is 2.54 bits per heavy atom. The highest BCUT2D eigenvalue weighted by atomic mass is 16.4. The van der Waals surface area contributed by atoms with Gasteiger partial charge in [0.15, 0.2) is 5.82 Å². The monoisotopic (exact) mass is 331 g/mol. The third-order valence-electron chi connectivity index (χ3n) is 4.23. The number of hydrogen-bond donors (Lipinski definition) is 2. The molecule has 7 heteroatoms. The molecule has 128 valence electrons. The van der Waals surface area contributed by atoms with Crippen LogP contribution >= 0.6 is 0 Å². The molecule has 0 atom stereocenters. The lowest BCUT2D eigenvalue weighted by molar-refractivity contribution is -0.143. The van der Waals surface area contributed by atoms with Gasteiger partial charge in [-0.15, -0.1) is 0 Å². The Bertz CT molecular complexity index is 691. The lowest BCUT2D eigenvalue weighted by Gasteiger charge is -2.28. The molecule has 0 bridgehead atoms. The van der Waals surface area contributed by atoms with Crippen LogP contribution in [0.3, 0.4) is 0 Å². The summed E-state index contributed by atoms with van der Waals surface area (Å²) in [7, 11) is 0. The van der Waals surface area contributed by atoms with Gasteiger partial charge < -0.3 is 14.8 Å². The molecule has 0 aromatic carbocycles. The van der Waals surface area contributed by atoms with E-state index in [1.165, 1.54) is 0 Å². The van der Waals surface area contributed by atoms with Gasteiger partial charge in [-0.1, -0.05) is 6.07 Å². The van der Waals surface area contributed by atoms with Gasteiger partial charge >= 0.3 is 5.97 Å². The summed E-state index contributed by atoms with van der Waals surface area (Å²) < 4.78 is 2.15. The predicted molar refractivity (Wildman–Crippen MR) is 87.5 cm³/mol. The molecule has 24 heavy (non-hydrogen) atoms. The van der Waals surface area contributed by atoms with E-state index in [1.54, 1.807) is 6.20 Å². The maximum atomic E-state index is 11.0. The van der Waals surface area contributed by atoms with Crippen molar-refractivity contribution >= 4 is 12.4 Å². The molecular weight excluding hydrogens is 310 g/mol. The maximum Gasteiger partial charge on any atom is 0.306 e. The number of hydrogen-bond acceptors (Lipinski definition) is 4. The van der Waals surface area contributed by atoms with Crippen LogP contribution in [0, 0.1) is 12.8 Å². The summed E-state index contributed by atoms with van der Waals surface area (Å²) >= 11 is 0. The van der Waals surface area contributed by atoms with Crippen LogP contribution in [-0.2, 0) is 9.59 Å². The van der Waals surface area contributed by atoms with Crippen molar-refractivity contribution in [3.8, 4) is 11.5 Å². The number of pyridine rings is 1. The highest BCUT2D eigenvalue weighted by Gasteiger charge is 2.27. The smallest absolute Gasteiger partial charge is 0.306 e. The number of carboxylic acids is 1. The number of imidazole rings is 1. The van der Waals surface area contributed by atoms with Gasteiger partial charge in [0.2, 0.25) is 0 Å². The third-order valence-corrected chi connectivity index (χ3v) is 4.23. The molecule has 0 amide bonds. The molecule has 2 aromatic rings. The highest BCUT2D eigenvalue weighted by molar-refractivity contribution is 5.70. The number of carboxylic acid groups (broad SMARTS) is 2. The minimum absolute atomic E-state index is 0.190. The molecule has 2 N–H and O–H groups in total. The number of aliphatic carboxylic acids is 1. The molecule has 0 aliphatic heterocycles. The average Bonchev–Trinajstić information content (AvgIpc) is 3.05. The zero-order valence-corrected chi connectivity index (χ0v) is 13.5. The Hall–Kier alpha value is -2.70. The van der Waals surface area contributed by atoms with E-state index in [1.807, 2.05) is 31.3 Å². The molecule has 0 spiro atoms. The zero-order valence-electron chi connectivity index (χ0n) is 13.5. The lowest BCUT2D eigenvalue weighted by Crippen LogP contribution is -2.23. The van der Waals surface area contributed by atoms with Crippen molar-refractivity contribution in [1.29, 1.82) is 0 Å². The van der Waals surface area contributed by atoms with Gasteiger partial charge in [-0.2, -0.15) is 0 Å². The summed E-state index contributed by atoms with van der Waals surface area (Å²) in [5.74, 6) is 0.0162.